The molecule has 1 aromatic heterocycles. The van der Waals surface area contributed by atoms with Crippen LogP contribution in [0.5, 0.6) is 0 Å². The fourth-order valence-electron chi connectivity index (χ4n) is 2.32. The minimum Gasteiger partial charge on any atom is -0.478 e. The topological polar surface area (TPSA) is 92.0 Å². The highest BCUT2D eigenvalue weighted by molar-refractivity contribution is 5.88. The van der Waals surface area contributed by atoms with Crippen LogP contribution in [0, 0.1) is 6.92 Å². The van der Waals surface area contributed by atoms with Gasteiger partial charge in [0.05, 0.1) is 12.6 Å². The molecule has 1 fully saturated rings. The molecule has 2 heterocycles. The summed E-state index contributed by atoms with van der Waals surface area (Å²) in [4.78, 5) is 24.4. The molecule has 2 rings (SSSR count). The van der Waals surface area contributed by atoms with Gasteiger partial charge in [-0.05, 0) is 25.8 Å². The molecule has 0 bridgehead atoms. The number of nitrogens with one attached hydrogen (secondary N) is 1. The van der Waals surface area contributed by atoms with Crippen LogP contribution in [0.1, 0.15) is 34.7 Å². The van der Waals surface area contributed by atoms with Crippen LogP contribution in [0.15, 0.2) is 10.5 Å². The highest BCUT2D eigenvalue weighted by Gasteiger charge is 2.20. The first-order valence-electron chi connectivity index (χ1n) is 6.90. The van der Waals surface area contributed by atoms with E-state index in [0.29, 0.717) is 18.1 Å². The standard InChI is InChI=1S/C14H20N2O5/c1-9-12(13(17)18)6-11(21-9)7-15-14(19)16(2)8-10-4-3-5-20-10/h6,10H,3-5,7-8H2,1-2H3,(H,15,19)(H,17,18). The molecule has 2 amide bonds. The lowest BCUT2D eigenvalue weighted by molar-refractivity contribution is 0.0695. The van der Waals surface area contributed by atoms with Crippen LogP contribution in [-0.4, -0.2) is 48.3 Å². The van der Waals surface area contributed by atoms with Gasteiger partial charge < -0.3 is 24.5 Å². The number of hydrogen-bond donors (Lipinski definition) is 2. The number of furan rings is 1. The van der Waals surface area contributed by atoms with Crippen molar-refractivity contribution in [3.8, 4) is 0 Å². The predicted octanol–water partition coefficient (Wildman–Crippen LogP) is 1.61. The smallest absolute Gasteiger partial charge is 0.339 e. The van der Waals surface area contributed by atoms with Crippen molar-refractivity contribution < 1.29 is 23.8 Å². The number of rotatable bonds is 5. The molecule has 1 saturated heterocycles. The van der Waals surface area contributed by atoms with Crippen LogP contribution >= 0.6 is 0 Å². The molecule has 0 spiro atoms. The van der Waals surface area contributed by atoms with E-state index in [0.717, 1.165) is 19.4 Å². The van der Waals surface area contributed by atoms with Crippen molar-refractivity contribution in [2.75, 3.05) is 20.2 Å². The summed E-state index contributed by atoms with van der Waals surface area (Å²) in [6, 6.07) is 1.19. The Balaban J connectivity index is 1.82. The number of likely N-dealkylation sites (N-methyl/N-ethyl adjacent to an activating group) is 1. The van der Waals surface area contributed by atoms with E-state index in [1.807, 2.05) is 0 Å². The predicted molar refractivity (Wildman–Crippen MR) is 74.2 cm³/mol. The Morgan fingerprint density at radius 1 is 1.52 bits per heavy atom. The van der Waals surface area contributed by atoms with Gasteiger partial charge in [-0.1, -0.05) is 0 Å². The maximum Gasteiger partial charge on any atom is 0.339 e. The molecule has 0 aromatic carbocycles. The average Bonchev–Trinajstić information content (AvgIpc) is 3.05. The number of carbonyl (C=O) groups is 2. The van der Waals surface area contributed by atoms with Crippen molar-refractivity contribution in [1.29, 1.82) is 0 Å². The van der Waals surface area contributed by atoms with Gasteiger partial charge in [0.1, 0.15) is 17.1 Å². The van der Waals surface area contributed by atoms with Gasteiger partial charge in [-0.15, -0.1) is 0 Å². The zero-order valence-electron chi connectivity index (χ0n) is 12.2. The van der Waals surface area contributed by atoms with Gasteiger partial charge >= 0.3 is 12.0 Å². The number of hydrogen-bond acceptors (Lipinski definition) is 4. The highest BCUT2D eigenvalue weighted by Crippen LogP contribution is 2.15. The molecular formula is C14H20N2O5. The lowest BCUT2D eigenvalue weighted by Gasteiger charge is -2.20. The summed E-state index contributed by atoms with van der Waals surface area (Å²) < 4.78 is 10.8. The Morgan fingerprint density at radius 3 is 2.86 bits per heavy atom. The third-order valence-corrected chi connectivity index (χ3v) is 3.46. The van der Waals surface area contributed by atoms with Gasteiger partial charge in [0, 0.05) is 20.2 Å². The second-order valence-electron chi connectivity index (χ2n) is 5.16. The molecule has 0 saturated carbocycles. The van der Waals surface area contributed by atoms with Crippen molar-refractivity contribution in [3.05, 3.63) is 23.2 Å². The number of carboxylic acid groups (broad SMARTS) is 1. The van der Waals surface area contributed by atoms with E-state index in [9.17, 15) is 9.59 Å². The minimum absolute atomic E-state index is 0.102. The van der Waals surface area contributed by atoms with Gasteiger partial charge in [0.2, 0.25) is 0 Å². The van der Waals surface area contributed by atoms with Crippen LogP contribution in [-0.2, 0) is 11.3 Å². The van der Waals surface area contributed by atoms with E-state index in [1.54, 1.807) is 18.9 Å². The Labute approximate surface area is 122 Å². The van der Waals surface area contributed by atoms with E-state index < -0.39 is 5.97 Å². The van der Waals surface area contributed by atoms with E-state index in [2.05, 4.69) is 5.32 Å². The fraction of sp³-hybridized carbons (Fsp3) is 0.571. The lowest BCUT2D eigenvalue weighted by Crippen LogP contribution is -2.40. The lowest BCUT2D eigenvalue weighted by atomic mass is 10.2. The summed E-state index contributed by atoms with van der Waals surface area (Å²) in [5, 5.41) is 11.6. The largest absolute Gasteiger partial charge is 0.478 e. The zero-order chi connectivity index (χ0) is 15.4. The molecule has 1 aromatic rings. The van der Waals surface area contributed by atoms with Gasteiger partial charge in [-0.2, -0.15) is 0 Å². The first kappa shape index (κ1) is 15.4. The first-order valence-corrected chi connectivity index (χ1v) is 6.90. The number of aryl methyl sites for hydroxylation is 1. The number of urea groups is 1. The van der Waals surface area contributed by atoms with Crippen molar-refractivity contribution in [3.63, 3.8) is 0 Å². The third-order valence-electron chi connectivity index (χ3n) is 3.46. The molecule has 1 aliphatic heterocycles. The van der Waals surface area contributed by atoms with Gasteiger partial charge in [-0.25, -0.2) is 9.59 Å². The SMILES string of the molecule is Cc1oc(CNC(=O)N(C)CC2CCCO2)cc1C(=O)O. The quantitative estimate of drug-likeness (QED) is 0.861. The second kappa shape index (κ2) is 6.62. The molecule has 21 heavy (non-hydrogen) atoms. The van der Waals surface area contributed by atoms with Crippen LogP contribution in [0.4, 0.5) is 4.79 Å². The first-order chi connectivity index (χ1) is 9.97. The van der Waals surface area contributed by atoms with E-state index >= 15 is 0 Å². The molecule has 0 radical (unpaired) electrons. The van der Waals surface area contributed by atoms with Crippen molar-refractivity contribution >= 4 is 12.0 Å². The van der Waals surface area contributed by atoms with Crippen LogP contribution in [0.2, 0.25) is 0 Å². The number of amides is 2. The molecule has 1 atom stereocenters. The Bertz CT molecular complexity index is 519. The van der Waals surface area contributed by atoms with Crippen molar-refractivity contribution in [2.24, 2.45) is 0 Å². The monoisotopic (exact) mass is 296 g/mol. The maximum atomic E-state index is 11.9. The zero-order valence-corrected chi connectivity index (χ0v) is 12.2. The summed E-state index contributed by atoms with van der Waals surface area (Å²) in [6.07, 6.45) is 2.10. The van der Waals surface area contributed by atoms with Crippen molar-refractivity contribution in [1.82, 2.24) is 10.2 Å². The summed E-state index contributed by atoms with van der Waals surface area (Å²) >= 11 is 0. The maximum absolute atomic E-state index is 11.9. The molecule has 1 aliphatic rings. The number of ether oxygens (including phenoxy) is 1. The number of nitrogens with zero attached hydrogens (tertiary/aromatic N) is 1. The molecule has 116 valence electrons. The van der Waals surface area contributed by atoms with Crippen molar-refractivity contribution in [2.45, 2.75) is 32.4 Å². The molecule has 7 nitrogen and oxygen atoms in total. The third kappa shape index (κ3) is 3.98. The summed E-state index contributed by atoms with van der Waals surface area (Å²) in [5.74, 6) is -0.285. The Kier molecular flexibility index (Phi) is 4.85. The Hall–Kier alpha value is -2.02. The number of carbonyl (C=O) groups excluding carboxylic acids is 1. The Morgan fingerprint density at radius 2 is 2.29 bits per heavy atom. The van der Waals surface area contributed by atoms with E-state index in [4.69, 9.17) is 14.3 Å². The van der Waals surface area contributed by atoms with Crippen LogP contribution < -0.4 is 5.32 Å². The summed E-state index contributed by atoms with van der Waals surface area (Å²) in [6.45, 7) is 3.04. The normalized spacial score (nSPS) is 17.7. The molecule has 2 N–H and O–H groups in total. The molecule has 7 heteroatoms. The molecule has 1 unspecified atom stereocenters. The summed E-state index contributed by atoms with van der Waals surface area (Å²) in [7, 11) is 1.70. The van der Waals surface area contributed by atoms with Crippen LogP contribution in [0.25, 0.3) is 0 Å². The van der Waals surface area contributed by atoms with Gasteiger partial charge in [0.25, 0.3) is 0 Å². The fourth-order valence-corrected chi connectivity index (χ4v) is 2.32. The van der Waals surface area contributed by atoms with Crippen LogP contribution in [0.3, 0.4) is 0 Å². The highest BCUT2D eigenvalue weighted by atomic mass is 16.5. The van der Waals surface area contributed by atoms with E-state index in [-0.39, 0.29) is 24.2 Å². The van der Waals surface area contributed by atoms with Gasteiger partial charge in [0.15, 0.2) is 0 Å². The molecular weight excluding hydrogens is 276 g/mol. The second-order valence-corrected chi connectivity index (χ2v) is 5.16. The average molecular weight is 296 g/mol. The van der Waals surface area contributed by atoms with Gasteiger partial charge in [-0.3, -0.25) is 0 Å². The number of carboxylic acids is 1. The number of aromatic carboxylic acids is 1. The minimum atomic E-state index is -1.04. The molecule has 0 aliphatic carbocycles. The summed E-state index contributed by atoms with van der Waals surface area (Å²) in [5.41, 5.74) is 0.118. The van der Waals surface area contributed by atoms with E-state index in [1.165, 1.54) is 6.07 Å².